The highest BCUT2D eigenvalue weighted by molar-refractivity contribution is 5.77. The van der Waals surface area contributed by atoms with Crippen LogP contribution in [0.25, 0.3) is 11.4 Å². The van der Waals surface area contributed by atoms with E-state index in [1.54, 1.807) is 17.9 Å². The first-order valence-corrected chi connectivity index (χ1v) is 12.2. The van der Waals surface area contributed by atoms with Crippen molar-refractivity contribution >= 4 is 11.9 Å². The van der Waals surface area contributed by atoms with Crippen LogP contribution in [0.15, 0.2) is 59.4 Å². The minimum atomic E-state index is -0.371. The van der Waals surface area contributed by atoms with E-state index in [4.69, 9.17) is 9.47 Å². The predicted molar refractivity (Wildman–Crippen MR) is 133 cm³/mol. The Balaban J connectivity index is 1.31. The molecule has 3 aromatic rings. The number of carbonyl (C=O) groups is 2. The molecule has 1 aliphatic rings. The fraction of sp³-hybridized carbons (Fsp3) is 0.370. The van der Waals surface area contributed by atoms with Crippen LogP contribution in [0.1, 0.15) is 37.4 Å². The van der Waals surface area contributed by atoms with Crippen molar-refractivity contribution in [1.82, 2.24) is 20.1 Å². The molecule has 1 saturated heterocycles. The van der Waals surface area contributed by atoms with Gasteiger partial charge in [-0.3, -0.25) is 14.4 Å². The zero-order chi connectivity index (χ0) is 25.3. The lowest BCUT2D eigenvalue weighted by molar-refractivity contribution is -0.151. The minimum Gasteiger partial charge on any atom is -0.489 e. The van der Waals surface area contributed by atoms with Gasteiger partial charge in [-0.15, -0.1) is 10.2 Å². The van der Waals surface area contributed by atoms with E-state index in [0.29, 0.717) is 56.3 Å². The van der Waals surface area contributed by atoms with Crippen molar-refractivity contribution in [2.24, 2.45) is 5.92 Å². The summed E-state index contributed by atoms with van der Waals surface area (Å²) in [6.07, 6.45) is 1.53. The standard InChI is InChI=1S/C27H30N4O5/c1-2-35-27(34)20-13-15-31(16-14-20)24(32)12-11-23-26(33)28-25(30-29-23)21-9-6-10-22(17-21)36-18-19-7-4-3-5-8-19/h3-10,17,20H,2,11-16,18H2,1H3,(H,28,30,33). The molecule has 36 heavy (non-hydrogen) atoms. The number of piperidine rings is 1. The predicted octanol–water partition coefficient (Wildman–Crippen LogP) is 3.15. The van der Waals surface area contributed by atoms with Crippen molar-refractivity contribution < 1.29 is 19.1 Å². The normalized spacial score (nSPS) is 13.9. The molecule has 9 heteroatoms. The molecule has 1 amide bonds. The Bertz CT molecular complexity index is 1240. The number of likely N-dealkylation sites (tertiary alicyclic amines) is 1. The minimum absolute atomic E-state index is 0.0640. The van der Waals surface area contributed by atoms with Gasteiger partial charge in [0.1, 0.15) is 18.1 Å². The molecule has 0 atom stereocenters. The molecule has 1 aliphatic heterocycles. The van der Waals surface area contributed by atoms with E-state index in [2.05, 4.69) is 15.2 Å². The topological polar surface area (TPSA) is 114 Å². The van der Waals surface area contributed by atoms with Crippen LogP contribution in [0.5, 0.6) is 5.75 Å². The summed E-state index contributed by atoms with van der Waals surface area (Å²) in [5.74, 6) is 0.574. The summed E-state index contributed by atoms with van der Waals surface area (Å²) in [7, 11) is 0. The molecule has 2 heterocycles. The van der Waals surface area contributed by atoms with Gasteiger partial charge in [-0.1, -0.05) is 42.5 Å². The zero-order valence-corrected chi connectivity index (χ0v) is 20.3. The molecule has 1 aromatic heterocycles. The smallest absolute Gasteiger partial charge is 0.309 e. The molecule has 9 nitrogen and oxygen atoms in total. The number of esters is 1. The van der Waals surface area contributed by atoms with Gasteiger partial charge < -0.3 is 19.4 Å². The summed E-state index contributed by atoms with van der Waals surface area (Å²) in [6, 6.07) is 17.1. The van der Waals surface area contributed by atoms with Crippen LogP contribution in [-0.4, -0.2) is 51.7 Å². The Hall–Kier alpha value is -4.01. The SMILES string of the molecule is CCOC(=O)C1CCN(C(=O)CCc2nnc(-c3cccc(OCc4ccccc4)c3)[nH]c2=O)CC1. The van der Waals surface area contributed by atoms with E-state index in [1.807, 2.05) is 48.5 Å². The third kappa shape index (κ3) is 6.56. The summed E-state index contributed by atoms with van der Waals surface area (Å²) in [6.45, 7) is 3.59. The monoisotopic (exact) mass is 490 g/mol. The number of H-pyrrole nitrogens is 1. The number of aromatic nitrogens is 3. The van der Waals surface area contributed by atoms with Crippen LogP contribution in [0.4, 0.5) is 0 Å². The fourth-order valence-electron chi connectivity index (χ4n) is 4.14. The van der Waals surface area contributed by atoms with Gasteiger partial charge >= 0.3 is 5.97 Å². The summed E-state index contributed by atoms with van der Waals surface area (Å²) >= 11 is 0. The lowest BCUT2D eigenvalue weighted by Gasteiger charge is -2.30. The third-order valence-corrected chi connectivity index (χ3v) is 6.16. The molecule has 2 aromatic carbocycles. The second kappa shape index (κ2) is 12.1. The highest BCUT2D eigenvalue weighted by Crippen LogP contribution is 2.22. The maximum Gasteiger partial charge on any atom is 0.309 e. The number of hydrogen-bond acceptors (Lipinski definition) is 7. The lowest BCUT2D eigenvalue weighted by Crippen LogP contribution is -2.40. The molecular formula is C27H30N4O5. The number of hydrogen-bond donors (Lipinski definition) is 1. The summed E-state index contributed by atoms with van der Waals surface area (Å²) in [5, 5.41) is 8.25. The Morgan fingerprint density at radius 1 is 1.06 bits per heavy atom. The number of nitrogens with zero attached hydrogens (tertiary/aromatic N) is 3. The van der Waals surface area contributed by atoms with Gasteiger partial charge in [0.15, 0.2) is 5.82 Å². The molecule has 0 aliphatic carbocycles. The highest BCUT2D eigenvalue weighted by Gasteiger charge is 2.28. The first-order valence-electron chi connectivity index (χ1n) is 12.2. The van der Waals surface area contributed by atoms with E-state index in [1.165, 1.54) is 0 Å². The van der Waals surface area contributed by atoms with Gasteiger partial charge in [-0.05, 0) is 37.5 Å². The van der Waals surface area contributed by atoms with Crippen molar-refractivity contribution in [2.45, 2.75) is 39.2 Å². The lowest BCUT2D eigenvalue weighted by atomic mass is 9.96. The number of carbonyl (C=O) groups excluding carboxylic acids is 2. The van der Waals surface area contributed by atoms with Crippen LogP contribution in [0.3, 0.4) is 0 Å². The Morgan fingerprint density at radius 2 is 1.83 bits per heavy atom. The molecule has 4 rings (SSSR count). The number of nitrogens with one attached hydrogen (secondary N) is 1. The average Bonchev–Trinajstić information content (AvgIpc) is 2.92. The molecule has 0 spiro atoms. The highest BCUT2D eigenvalue weighted by atomic mass is 16.5. The Labute approximate surface area is 209 Å². The van der Waals surface area contributed by atoms with Gasteiger partial charge in [0, 0.05) is 31.5 Å². The fourth-order valence-corrected chi connectivity index (χ4v) is 4.14. The van der Waals surface area contributed by atoms with Crippen LogP contribution in [-0.2, 0) is 27.4 Å². The largest absolute Gasteiger partial charge is 0.489 e. The second-order valence-electron chi connectivity index (χ2n) is 8.66. The quantitative estimate of drug-likeness (QED) is 0.458. The number of aryl methyl sites for hydroxylation is 1. The van der Waals surface area contributed by atoms with Gasteiger partial charge in [-0.2, -0.15) is 0 Å². The van der Waals surface area contributed by atoms with E-state index >= 15 is 0 Å². The van der Waals surface area contributed by atoms with Crippen LogP contribution in [0, 0.1) is 5.92 Å². The summed E-state index contributed by atoms with van der Waals surface area (Å²) < 4.78 is 10.9. The molecule has 0 radical (unpaired) electrons. The average molecular weight is 491 g/mol. The Kier molecular flexibility index (Phi) is 8.44. The van der Waals surface area contributed by atoms with E-state index in [-0.39, 0.29) is 41.9 Å². The Morgan fingerprint density at radius 3 is 2.56 bits per heavy atom. The van der Waals surface area contributed by atoms with Crippen LogP contribution >= 0.6 is 0 Å². The second-order valence-corrected chi connectivity index (χ2v) is 8.66. The zero-order valence-electron chi connectivity index (χ0n) is 20.3. The van der Waals surface area contributed by atoms with Crippen molar-refractivity contribution in [3.8, 4) is 17.1 Å². The number of aromatic amines is 1. The molecule has 0 bridgehead atoms. The first-order chi connectivity index (χ1) is 17.5. The van der Waals surface area contributed by atoms with E-state index < -0.39 is 0 Å². The third-order valence-electron chi connectivity index (χ3n) is 6.16. The number of amides is 1. The molecular weight excluding hydrogens is 460 g/mol. The van der Waals surface area contributed by atoms with Gasteiger partial charge in [0.2, 0.25) is 5.91 Å². The maximum absolute atomic E-state index is 12.6. The first kappa shape index (κ1) is 25.1. The number of benzene rings is 2. The van der Waals surface area contributed by atoms with Gasteiger partial charge in [0.25, 0.3) is 5.56 Å². The van der Waals surface area contributed by atoms with Crippen molar-refractivity contribution in [1.29, 1.82) is 0 Å². The summed E-state index contributed by atoms with van der Waals surface area (Å²) in [5.41, 5.74) is 1.57. The molecule has 0 saturated carbocycles. The van der Waals surface area contributed by atoms with Crippen LogP contribution in [0.2, 0.25) is 0 Å². The van der Waals surface area contributed by atoms with Crippen molar-refractivity contribution in [3.05, 3.63) is 76.2 Å². The molecule has 188 valence electrons. The number of rotatable bonds is 9. The van der Waals surface area contributed by atoms with E-state index in [9.17, 15) is 14.4 Å². The van der Waals surface area contributed by atoms with Crippen LogP contribution < -0.4 is 10.3 Å². The van der Waals surface area contributed by atoms with Gasteiger partial charge in [-0.25, -0.2) is 0 Å². The van der Waals surface area contributed by atoms with Crippen molar-refractivity contribution in [2.75, 3.05) is 19.7 Å². The molecule has 1 fully saturated rings. The summed E-state index contributed by atoms with van der Waals surface area (Å²) in [4.78, 5) is 41.6. The maximum atomic E-state index is 12.6. The number of ether oxygens (including phenoxy) is 2. The van der Waals surface area contributed by atoms with Crippen molar-refractivity contribution in [3.63, 3.8) is 0 Å². The molecule has 1 N–H and O–H groups in total. The van der Waals surface area contributed by atoms with E-state index in [0.717, 1.165) is 5.56 Å². The molecule has 0 unspecified atom stereocenters. The van der Waals surface area contributed by atoms with Gasteiger partial charge in [0.05, 0.1) is 12.5 Å².